The summed E-state index contributed by atoms with van der Waals surface area (Å²) in [6.07, 6.45) is 9.52. The molecule has 5 unspecified atom stereocenters. The quantitative estimate of drug-likeness (QED) is 0.636. The van der Waals surface area contributed by atoms with Gasteiger partial charge in [-0.25, -0.2) is 4.79 Å². The number of para-hydroxylation sites is 1. The predicted molar refractivity (Wildman–Crippen MR) is 129 cm³/mol. The first-order valence-electron chi connectivity index (χ1n) is 12.4. The Kier molecular flexibility index (Phi) is 6.81. The lowest BCUT2D eigenvalue weighted by Gasteiger charge is -2.41. The summed E-state index contributed by atoms with van der Waals surface area (Å²) >= 11 is 0. The van der Waals surface area contributed by atoms with Gasteiger partial charge in [0, 0.05) is 36.2 Å². The number of fused-ring (bicyclic) bond motifs is 2. The summed E-state index contributed by atoms with van der Waals surface area (Å²) in [6, 6.07) is 8.08. The van der Waals surface area contributed by atoms with Gasteiger partial charge in [0.1, 0.15) is 12.4 Å². The Bertz CT molecular complexity index is 1030. The van der Waals surface area contributed by atoms with Crippen molar-refractivity contribution in [3.05, 3.63) is 53.3 Å². The fourth-order valence-electron chi connectivity index (χ4n) is 5.38. The van der Waals surface area contributed by atoms with Crippen LogP contribution in [0, 0.1) is 11.8 Å². The average molecular weight is 465 g/mol. The molecule has 0 amide bonds. The molecule has 0 radical (unpaired) electrons. The molecule has 7 nitrogen and oxygen atoms in total. The van der Waals surface area contributed by atoms with E-state index in [0.717, 1.165) is 42.7 Å². The zero-order valence-electron chi connectivity index (χ0n) is 19.6. The van der Waals surface area contributed by atoms with Crippen molar-refractivity contribution in [3.63, 3.8) is 0 Å². The van der Waals surface area contributed by atoms with Crippen LogP contribution in [0.5, 0.6) is 0 Å². The van der Waals surface area contributed by atoms with Gasteiger partial charge in [-0.3, -0.25) is 9.79 Å². The fraction of sp³-hybridized carbons (Fsp3) is 0.519. The lowest BCUT2D eigenvalue weighted by atomic mass is 9.76. The summed E-state index contributed by atoms with van der Waals surface area (Å²) in [5.74, 6) is 0.833. The molecule has 0 bridgehead atoms. The van der Waals surface area contributed by atoms with Gasteiger partial charge in [0.05, 0.1) is 30.1 Å². The van der Waals surface area contributed by atoms with Gasteiger partial charge < -0.3 is 19.5 Å². The van der Waals surface area contributed by atoms with Gasteiger partial charge in [-0.2, -0.15) is 0 Å². The Morgan fingerprint density at radius 2 is 2.12 bits per heavy atom. The Morgan fingerprint density at radius 1 is 1.24 bits per heavy atom. The van der Waals surface area contributed by atoms with E-state index >= 15 is 0 Å². The van der Waals surface area contributed by atoms with Crippen molar-refractivity contribution in [2.75, 3.05) is 18.5 Å². The van der Waals surface area contributed by atoms with Crippen LogP contribution in [0.25, 0.3) is 0 Å². The molecule has 7 heteroatoms. The third kappa shape index (κ3) is 4.80. The molecule has 2 heterocycles. The Labute approximate surface area is 200 Å². The number of Topliss-reactive ketones (excluding diaryl/α,β-unsaturated/α-hetero) is 1. The maximum Gasteiger partial charge on any atom is 0.336 e. The second-order valence-electron chi connectivity index (χ2n) is 9.37. The molecule has 1 aromatic carbocycles. The number of allylic oxidation sites excluding steroid dienone is 3. The predicted octanol–water partition coefficient (Wildman–Crippen LogP) is 4.18. The van der Waals surface area contributed by atoms with Gasteiger partial charge in [-0.1, -0.05) is 24.3 Å². The number of carbonyl (C=O) groups excluding carboxylic acids is 2. The van der Waals surface area contributed by atoms with Gasteiger partial charge >= 0.3 is 5.97 Å². The number of ketones is 1. The number of anilines is 1. The number of aliphatic imine (C=N–C) groups is 1. The highest BCUT2D eigenvalue weighted by molar-refractivity contribution is 5.93. The van der Waals surface area contributed by atoms with Gasteiger partial charge in [-0.05, 0) is 50.7 Å². The lowest BCUT2D eigenvalue weighted by molar-refractivity contribution is -0.154. The molecular weight excluding hydrogens is 432 g/mol. The molecular formula is C27H32N2O5. The number of nitrogens with one attached hydrogen (secondary N) is 1. The number of carbonyl (C=O) groups is 2. The van der Waals surface area contributed by atoms with E-state index in [4.69, 9.17) is 14.2 Å². The van der Waals surface area contributed by atoms with E-state index in [0.29, 0.717) is 31.6 Å². The molecule has 0 aromatic heterocycles. The van der Waals surface area contributed by atoms with Crippen LogP contribution in [0.15, 0.2) is 52.7 Å². The van der Waals surface area contributed by atoms with Crippen molar-refractivity contribution < 1.29 is 23.8 Å². The maximum atomic E-state index is 12.9. The summed E-state index contributed by atoms with van der Waals surface area (Å²) in [5, 5.41) is 3.40. The standard InChI is InChI=1S/C27H32N2O5/c1-2-32-27(31)21-8-5-7-20-23(30)14-24(34-26(20)21)17-10-12-19(13-11-17)33-16-25-28-15-18-6-3-4-9-22(18)29-25/h3-4,6,8-9,12,15,17,20,24-26,29H,2,5,7,10-11,13-14,16H2,1H3. The largest absolute Gasteiger partial charge is 0.494 e. The average Bonchev–Trinajstić information content (AvgIpc) is 2.87. The second-order valence-corrected chi connectivity index (χ2v) is 9.37. The summed E-state index contributed by atoms with van der Waals surface area (Å²) in [4.78, 5) is 29.9. The minimum absolute atomic E-state index is 0.107. The Morgan fingerprint density at radius 3 is 2.94 bits per heavy atom. The van der Waals surface area contributed by atoms with Crippen LogP contribution < -0.4 is 5.32 Å². The number of nitrogens with zero attached hydrogens (tertiary/aromatic N) is 1. The third-order valence-electron chi connectivity index (χ3n) is 7.20. The van der Waals surface area contributed by atoms with E-state index in [2.05, 4.69) is 16.4 Å². The summed E-state index contributed by atoms with van der Waals surface area (Å²) in [6.45, 7) is 2.57. The third-order valence-corrected chi connectivity index (χ3v) is 7.20. The van der Waals surface area contributed by atoms with Gasteiger partial charge in [-0.15, -0.1) is 0 Å². The normalized spacial score (nSPS) is 30.3. The molecule has 0 saturated carbocycles. The SMILES string of the molecule is CCOC(=O)C1=CCCC2C(=O)CC(C3CC=C(OCC4N=Cc5ccccc5N4)CC3)OC12. The highest BCUT2D eigenvalue weighted by Gasteiger charge is 2.45. The summed E-state index contributed by atoms with van der Waals surface area (Å²) < 4.78 is 17.7. The monoisotopic (exact) mass is 464 g/mol. The van der Waals surface area contributed by atoms with Crippen molar-refractivity contribution in [3.8, 4) is 0 Å². The topological polar surface area (TPSA) is 86.2 Å². The molecule has 1 N–H and O–H groups in total. The first-order chi connectivity index (χ1) is 16.6. The van der Waals surface area contributed by atoms with Crippen molar-refractivity contribution in [1.82, 2.24) is 0 Å². The molecule has 5 atom stereocenters. The van der Waals surface area contributed by atoms with Crippen LogP contribution in [-0.4, -0.2) is 49.6 Å². The molecule has 1 aromatic rings. The van der Waals surface area contributed by atoms with Crippen LogP contribution >= 0.6 is 0 Å². The zero-order valence-corrected chi connectivity index (χ0v) is 19.6. The molecule has 1 fully saturated rings. The molecule has 5 rings (SSSR count). The van der Waals surface area contributed by atoms with E-state index in [1.54, 1.807) is 6.92 Å². The van der Waals surface area contributed by atoms with Crippen molar-refractivity contribution in [2.24, 2.45) is 16.8 Å². The lowest BCUT2D eigenvalue weighted by Crippen LogP contribution is -2.48. The number of benzene rings is 1. The Hall–Kier alpha value is -2.93. The van der Waals surface area contributed by atoms with E-state index in [1.807, 2.05) is 36.6 Å². The second kappa shape index (κ2) is 10.1. The molecule has 1 saturated heterocycles. The molecule has 0 spiro atoms. The van der Waals surface area contributed by atoms with E-state index < -0.39 is 6.10 Å². The van der Waals surface area contributed by atoms with Crippen LogP contribution in [0.2, 0.25) is 0 Å². The first kappa shape index (κ1) is 22.8. The molecule has 180 valence electrons. The molecule has 2 aliphatic heterocycles. The highest BCUT2D eigenvalue weighted by Crippen LogP contribution is 2.40. The molecule has 2 aliphatic carbocycles. The highest BCUT2D eigenvalue weighted by atomic mass is 16.5. The van der Waals surface area contributed by atoms with E-state index in [-0.39, 0.29) is 35.9 Å². The molecule has 34 heavy (non-hydrogen) atoms. The first-order valence-corrected chi connectivity index (χ1v) is 12.4. The molecule has 4 aliphatic rings. The van der Waals surface area contributed by atoms with Crippen LogP contribution in [-0.2, 0) is 23.8 Å². The van der Waals surface area contributed by atoms with Crippen molar-refractivity contribution in [1.29, 1.82) is 0 Å². The number of rotatable bonds is 6. The van der Waals surface area contributed by atoms with Crippen molar-refractivity contribution >= 4 is 23.7 Å². The fourth-order valence-corrected chi connectivity index (χ4v) is 5.38. The summed E-state index contributed by atoms with van der Waals surface area (Å²) in [7, 11) is 0. The van der Waals surface area contributed by atoms with Gasteiger partial charge in [0.25, 0.3) is 0 Å². The van der Waals surface area contributed by atoms with Gasteiger partial charge in [0.15, 0.2) is 6.17 Å². The minimum atomic E-state index is -0.473. The van der Waals surface area contributed by atoms with Gasteiger partial charge in [0.2, 0.25) is 0 Å². The van der Waals surface area contributed by atoms with E-state index in [1.165, 1.54) is 0 Å². The zero-order chi connectivity index (χ0) is 23.5. The minimum Gasteiger partial charge on any atom is -0.494 e. The number of esters is 1. The number of ether oxygens (including phenoxy) is 3. The number of hydrogen-bond acceptors (Lipinski definition) is 7. The van der Waals surface area contributed by atoms with Crippen molar-refractivity contribution in [2.45, 2.75) is 63.8 Å². The maximum absolute atomic E-state index is 12.9. The van der Waals surface area contributed by atoms with Crippen LogP contribution in [0.4, 0.5) is 5.69 Å². The smallest absolute Gasteiger partial charge is 0.336 e. The summed E-state index contributed by atoms with van der Waals surface area (Å²) in [5.41, 5.74) is 2.68. The van der Waals surface area contributed by atoms with E-state index in [9.17, 15) is 9.59 Å². The van der Waals surface area contributed by atoms with Crippen LogP contribution in [0.3, 0.4) is 0 Å². The Balaban J connectivity index is 1.16. The number of hydrogen-bond donors (Lipinski definition) is 1. The van der Waals surface area contributed by atoms with Crippen LogP contribution in [0.1, 0.15) is 51.0 Å².